The summed E-state index contributed by atoms with van der Waals surface area (Å²) < 4.78 is 5.74. The number of nitrogens with one attached hydrogen (secondary N) is 1. The van der Waals surface area contributed by atoms with Crippen LogP contribution in [0.5, 0.6) is 5.75 Å². The fourth-order valence-electron chi connectivity index (χ4n) is 3.29. The quantitative estimate of drug-likeness (QED) is 0.731. The van der Waals surface area contributed by atoms with Crippen LogP contribution >= 0.6 is 0 Å². The molecule has 1 aromatic rings. The van der Waals surface area contributed by atoms with Gasteiger partial charge >= 0.3 is 0 Å². The van der Waals surface area contributed by atoms with Crippen molar-refractivity contribution in [2.45, 2.75) is 58.3 Å². The fourth-order valence-corrected chi connectivity index (χ4v) is 3.29. The molecule has 2 rings (SSSR count). The van der Waals surface area contributed by atoms with Gasteiger partial charge in [-0.25, -0.2) is 0 Å². The first kappa shape index (κ1) is 16.3. The van der Waals surface area contributed by atoms with E-state index in [0.29, 0.717) is 5.92 Å². The number of pyridine rings is 1. The van der Waals surface area contributed by atoms with E-state index < -0.39 is 0 Å². The van der Waals surface area contributed by atoms with Crippen LogP contribution in [0.15, 0.2) is 18.5 Å². The summed E-state index contributed by atoms with van der Waals surface area (Å²) in [5.74, 6) is 2.31. The van der Waals surface area contributed by atoms with Gasteiger partial charge in [0, 0.05) is 6.20 Å². The average Bonchev–Trinajstić information content (AvgIpc) is 2.54. The molecule has 0 aromatic carbocycles. The van der Waals surface area contributed by atoms with Crippen LogP contribution < -0.4 is 10.1 Å². The highest BCUT2D eigenvalue weighted by atomic mass is 16.5. The molecule has 1 aromatic heterocycles. The molecule has 2 unspecified atom stereocenters. The van der Waals surface area contributed by atoms with Crippen molar-refractivity contribution >= 4 is 0 Å². The van der Waals surface area contributed by atoms with Gasteiger partial charge in [0.2, 0.25) is 0 Å². The monoisotopic (exact) mass is 290 g/mol. The van der Waals surface area contributed by atoms with Gasteiger partial charge in [0.15, 0.2) is 0 Å². The highest BCUT2D eigenvalue weighted by Gasteiger charge is 2.26. The predicted molar refractivity (Wildman–Crippen MR) is 87.9 cm³/mol. The standard InChI is InChI=1S/C18H30N2O/c1-3-9-19-12-15-7-5-6-8-18(15)16-11-17(14-20-13-16)21-10-4-2/h11,13-15,18-19H,3-10,12H2,1-2H3. The second-order valence-corrected chi connectivity index (χ2v) is 6.16. The summed E-state index contributed by atoms with van der Waals surface area (Å²) in [6, 6.07) is 2.21. The summed E-state index contributed by atoms with van der Waals surface area (Å²) in [6.07, 6.45) is 11.5. The molecule has 0 saturated heterocycles. The third-order valence-electron chi connectivity index (χ3n) is 4.38. The van der Waals surface area contributed by atoms with Gasteiger partial charge in [0.1, 0.15) is 5.75 Å². The van der Waals surface area contributed by atoms with E-state index in [1.54, 1.807) is 0 Å². The molecule has 2 atom stereocenters. The van der Waals surface area contributed by atoms with Crippen LogP contribution in [0.1, 0.15) is 63.9 Å². The summed E-state index contributed by atoms with van der Waals surface area (Å²) in [5.41, 5.74) is 1.37. The van der Waals surface area contributed by atoms with Gasteiger partial charge in [-0.15, -0.1) is 0 Å². The van der Waals surface area contributed by atoms with Crippen molar-refractivity contribution in [2.75, 3.05) is 19.7 Å². The minimum Gasteiger partial charge on any atom is -0.492 e. The molecule has 3 heteroatoms. The Bertz CT molecular complexity index is 408. The average molecular weight is 290 g/mol. The lowest BCUT2D eigenvalue weighted by molar-refractivity contribution is 0.291. The Hall–Kier alpha value is -1.09. The maximum Gasteiger partial charge on any atom is 0.137 e. The Kier molecular flexibility index (Phi) is 7.01. The minimum absolute atomic E-state index is 0.640. The van der Waals surface area contributed by atoms with Gasteiger partial charge in [0.05, 0.1) is 12.8 Å². The highest BCUT2D eigenvalue weighted by Crippen LogP contribution is 2.38. The summed E-state index contributed by atoms with van der Waals surface area (Å²) in [7, 11) is 0. The molecule has 1 aliphatic rings. The number of hydrogen-bond acceptors (Lipinski definition) is 3. The van der Waals surface area contributed by atoms with E-state index in [1.807, 2.05) is 12.4 Å². The first-order valence-electron chi connectivity index (χ1n) is 8.63. The highest BCUT2D eigenvalue weighted by molar-refractivity contribution is 5.27. The van der Waals surface area contributed by atoms with E-state index in [4.69, 9.17) is 4.74 Å². The molecule has 1 aliphatic carbocycles. The zero-order valence-corrected chi connectivity index (χ0v) is 13.6. The summed E-state index contributed by atoms with van der Waals surface area (Å²) >= 11 is 0. The summed E-state index contributed by atoms with van der Waals surface area (Å²) in [6.45, 7) is 7.40. The molecule has 1 fully saturated rings. The molecule has 21 heavy (non-hydrogen) atoms. The van der Waals surface area contributed by atoms with Gasteiger partial charge in [-0.1, -0.05) is 26.7 Å². The molecule has 0 radical (unpaired) electrons. The van der Waals surface area contributed by atoms with E-state index in [0.717, 1.165) is 37.8 Å². The van der Waals surface area contributed by atoms with Crippen molar-refractivity contribution in [3.63, 3.8) is 0 Å². The first-order valence-corrected chi connectivity index (χ1v) is 8.63. The number of aromatic nitrogens is 1. The molecular formula is C18H30N2O. The van der Waals surface area contributed by atoms with Crippen LogP contribution in [0.3, 0.4) is 0 Å². The number of nitrogens with zero attached hydrogens (tertiary/aromatic N) is 1. The molecular weight excluding hydrogens is 260 g/mol. The van der Waals surface area contributed by atoms with Gasteiger partial charge in [0.25, 0.3) is 0 Å². The second-order valence-electron chi connectivity index (χ2n) is 6.16. The fraction of sp³-hybridized carbons (Fsp3) is 0.722. The third-order valence-corrected chi connectivity index (χ3v) is 4.38. The lowest BCUT2D eigenvalue weighted by Gasteiger charge is -2.32. The third kappa shape index (κ3) is 4.99. The Labute approximate surface area is 129 Å². The normalized spacial score (nSPS) is 22.2. The van der Waals surface area contributed by atoms with Crippen molar-refractivity contribution in [1.29, 1.82) is 0 Å². The molecule has 1 heterocycles. The Balaban J connectivity index is 2.02. The van der Waals surface area contributed by atoms with E-state index in [1.165, 1.54) is 37.7 Å². The van der Waals surface area contributed by atoms with Crippen LogP contribution in [-0.2, 0) is 0 Å². The lowest BCUT2D eigenvalue weighted by atomic mass is 9.76. The Morgan fingerprint density at radius 2 is 2.05 bits per heavy atom. The van der Waals surface area contributed by atoms with Gasteiger partial charge in [-0.2, -0.15) is 0 Å². The maximum atomic E-state index is 5.74. The lowest BCUT2D eigenvalue weighted by Crippen LogP contribution is -2.30. The van der Waals surface area contributed by atoms with E-state index in [2.05, 4.69) is 30.2 Å². The predicted octanol–water partition coefficient (Wildman–Crippen LogP) is 4.14. The smallest absolute Gasteiger partial charge is 0.137 e. The van der Waals surface area contributed by atoms with E-state index in [9.17, 15) is 0 Å². The van der Waals surface area contributed by atoms with Crippen LogP contribution in [0, 0.1) is 5.92 Å². The molecule has 3 nitrogen and oxygen atoms in total. The molecule has 0 bridgehead atoms. The number of rotatable bonds is 8. The Morgan fingerprint density at radius 1 is 1.19 bits per heavy atom. The van der Waals surface area contributed by atoms with Crippen LogP contribution in [-0.4, -0.2) is 24.7 Å². The molecule has 1 saturated carbocycles. The molecule has 0 spiro atoms. The Morgan fingerprint density at radius 3 is 2.86 bits per heavy atom. The molecule has 0 aliphatic heterocycles. The van der Waals surface area contributed by atoms with Gasteiger partial charge < -0.3 is 10.1 Å². The minimum atomic E-state index is 0.640. The maximum absolute atomic E-state index is 5.74. The molecule has 1 N–H and O–H groups in total. The topological polar surface area (TPSA) is 34.2 Å². The van der Waals surface area contributed by atoms with E-state index >= 15 is 0 Å². The van der Waals surface area contributed by atoms with Crippen molar-refractivity contribution < 1.29 is 4.74 Å². The number of hydrogen-bond donors (Lipinski definition) is 1. The summed E-state index contributed by atoms with van der Waals surface area (Å²) in [5, 5.41) is 3.60. The van der Waals surface area contributed by atoms with Crippen LogP contribution in [0.25, 0.3) is 0 Å². The number of ether oxygens (including phenoxy) is 1. The molecule has 0 amide bonds. The zero-order chi connectivity index (χ0) is 14.9. The van der Waals surface area contributed by atoms with Crippen molar-refractivity contribution in [1.82, 2.24) is 10.3 Å². The van der Waals surface area contributed by atoms with Crippen molar-refractivity contribution in [3.05, 3.63) is 24.0 Å². The second kappa shape index (κ2) is 9.04. The molecule has 118 valence electrons. The zero-order valence-electron chi connectivity index (χ0n) is 13.6. The van der Waals surface area contributed by atoms with Crippen LogP contribution in [0.2, 0.25) is 0 Å². The van der Waals surface area contributed by atoms with E-state index in [-0.39, 0.29) is 0 Å². The van der Waals surface area contributed by atoms with Crippen LogP contribution in [0.4, 0.5) is 0 Å². The van der Waals surface area contributed by atoms with Crippen molar-refractivity contribution in [3.8, 4) is 5.75 Å². The summed E-state index contributed by atoms with van der Waals surface area (Å²) in [4.78, 5) is 4.40. The first-order chi connectivity index (χ1) is 10.3. The largest absolute Gasteiger partial charge is 0.492 e. The SMILES string of the molecule is CCCNCC1CCCCC1c1cncc(OCCC)c1. The van der Waals surface area contributed by atoms with Crippen molar-refractivity contribution in [2.24, 2.45) is 5.92 Å². The van der Waals surface area contributed by atoms with Gasteiger partial charge in [-0.3, -0.25) is 4.98 Å². The van der Waals surface area contributed by atoms with Gasteiger partial charge in [-0.05, 0) is 62.2 Å².